The number of hydrogen-bond acceptors (Lipinski definition) is 7. The van der Waals surface area contributed by atoms with Crippen LogP contribution in [0.3, 0.4) is 0 Å². The van der Waals surface area contributed by atoms with E-state index in [0.29, 0.717) is 5.95 Å². The van der Waals surface area contributed by atoms with E-state index in [9.17, 15) is 0 Å². The summed E-state index contributed by atoms with van der Waals surface area (Å²) in [5.74, 6) is 2.02. The summed E-state index contributed by atoms with van der Waals surface area (Å²) in [6.07, 6.45) is 2.85. The molecule has 0 spiro atoms. The van der Waals surface area contributed by atoms with Gasteiger partial charge in [-0.3, -0.25) is 4.90 Å². The van der Waals surface area contributed by atoms with Gasteiger partial charge in [-0.1, -0.05) is 0 Å². The Balaban J connectivity index is 1.46. The first-order valence-corrected chi connectivity index (χ1v) is 10.6. The minimum Gasteiger partial charge on any atom is -0.497 e. The van der Waals surface area contributed by atoms with Gasteiger partial charge < -0.3 is 14.8 Å². The van der Waals surface area contributed by atoms with Gasteiger partial charge in [0.15, 0.2) is 0 Å². The molecule has 0 radical (unpaired) electrons. The van der Waals surface area contributed by atoms with Crippen LogP contribution in [0.5, 0.6) is 11.5 Å². The highest BCUT2D eigenvalue weighted by atomic mass is 79.9. The van der Waals surface area contributed by atoms with Crippen molar-refractivity contribution in [3.8, 4) is 11.5 Å². The lowest BCUT2D eigenvalue weighted by molar-refractivity contribution is 0.245. The van der Waals surface area contributed by atoms with E-state index in [2.05, 4.69) is 43.3 Å². The monoisotopic (exact) mass is 460 g/mol. The molecule has 0 saturated heterocycles. The molecule has 1 aliphatic heterocycles. The summed E-state index contributed by atoms with van der Waals surface area (Å²) in [7, 11) is 3.27. The predicted octanol–water partition coefficient (Wildman–Crippen LogP) is 4.62. The number of anilines is 2. The second kappa shape index (κ2) is 8.46. The molecule has 1 N–H and O–H groups in total. The summed E-state index contributed by atoms with van der Waals surface area (Å²) in [6.45, 7) is 2.82. The largest absolute Gasteiger partial charge is 0.497 e. The Kier molecular flexibility index (Phi) is 5.79. The van der Waals surface area contributed by atoms with Crippen molar-refractivity contribution in [1.82, 2.24) is 14.9 Å². The quantitative estimate of drug-likeness (QED) is 0.578. The number of hydrogen-bond donors (Lipinski definition) is 1. The highest BCUT2D eigenvalue weighted by Crippen LogP contribution is 2.28. The van der Waals surface area contributed by atoms with Crippen molar-refractivity contribution in [2.75, 3.05) is 26.1 Å². The number of halogens is 1. The Morgan fingerprint density at radius 1 is 1.18 bits per heavy atom. The number of methoxy groups -OCH3 is 2. The zero-order chi connectivity index (χ0) is 19.5. The van der Waals surface area contributed by atoms with Gasteiger partial charge in [-0.2, -0.15) is 0 Å². The summed E-state index contributed by atoms with van der Waals surface area (Å²) in [5.41, 5.74) is 3.13. The van der Waals surface area contributed by atoms with Crippen molar-refractivity contribution in [2.24, 2.45) is 0 Å². The van der Waals surface area contributed by atoms with E-state index in [1.54, 1.807) is 25.6 Å². The Bertz CT molecular complexity index is 956. The maximum atomic E-state index is 5.32. The third-order valence-electron chi connectivity index (χ3n) is 4.63. The molecule has 1 aromatic carbocycles. The third-order valence-corrected chi connectivity index (χ3v) is 6.24. The van der Waals surface area contributed by atoms with Gasteiger partial charge in [0.2, 0.25) is 5.95 Å². The number of ether oxygens (including phenoxy) is 2. The SMILES string of the molecule is COc1cc(Nc2ncc3c(n2)CCN(Cc2ccc(Br)s2)C3)cc(OC)c1. The molecule has 0 amide bonds. The fourth-order valence-corrected chi connectivity index (χ4v) is 4.76. The fraction of sp³-hybridized carbons (Fsp3) is 0.300. The van der Waals surface area contributed by atoms with E-state index in [1.165, 1.54) is 14.2 Å². The number of aromatic nitrogens is 2. The van der Waals surface area contributed by atoms with Crippen LogP contribution < -0.4 is 14.8 Å². The smallest absolute Gasteiger partial charge is 0.227 e. The summed E-state index contributed by atoms with van der Waals surface area (Å²) < 4.78 is 11.8. The first-order chi connectivity index (χ1) is 13.6. The summed E-state index contributed by atoms with van der Waals surface area (Å²) in [5, 5.41) is 3.26. The topological polar surface area (TPSA) is 59.5 Å². The van der Waals surface area contributed by atoms with Gasteiger partial charge in [-0.15, -0.1) is 11.3 Å². The van der Waals surface area contributed by atoms with Gasteiger partial charge >= 0.3 is 0 Å². The molecule has 2 aromatic heterocycles. The molecule has 4 rings (SSSR count). The van der Waals surface area contributed by atoms with Crippen LogP contribution in [0.15, 0.2) is 40.3 Å². The van der Waals surface area contributed by atoms with Gasteiger partial charge in [0.05, 0.1) is 23.7 Å². The van der Waals surface area contributed by atoms with Crippen LogP contribution in [0.25, 0.3) is 0 Å². The molecule has 28 heavy (non-hydrogen) atoms. The van der Waals surface area contributed by atoms with Gasteiger partial charge in [0.25, 0.3) is 0 Å². The van der Waals surface area contributed by atoms with E-state index in [-0.39, 0.29) is 0 Å². The van der Waals surface area contributed by atoms with Crippen LogP contribution in [0.2, 0.25) is 0 Å². The number of fused-ring (bicyclic) bond motifs is 1. The van der Waals surface area contributed by atoms with Gasteiger partial charge in [0.1, 0.15) is 11.5 Å². The molecular weight excluding hydrogens is 440 g/mol. The predicted molar refractivity (Wildman–Crippen MR) is 115 cm³/mol. The van der Waals surface area contributed by atoms with Crippen LogP contribution in [0.4, 0.5) is 11.6 Å². The average molecular weight is 461 g/mol. The lowest BCUT2D eigenvalue weighted by atomic mass is 10.1. The summed E-state index contributed by atoms with van der Waals surface area (Å²) in [6, 6.07) is 9.90. The van der Waals surface area contributed by atoms with Gasteiger partial charge in [-0.05, 0) is 28.1 Å². The highest BCUT2D eigenvalue weighted by Gasteiger charge is 2.19. The molecule has 3 aromatic rings. The second-order valence-electron chi connectivity index (χ2n) is 6.56. The van der Waals surface area contributed by atoms with Crippen molar-refractivity contribution in [2.45, 2.75) is 19.5 Å². The van der Waals surface area contributed by atoms with Crippen molar-refractivity contribution < 1.29 is 9.47 Å². The molecule has 0 bridgehead atoms. The van der Waals surface area contributed by atoms with Crippen molar-refractivity contribution in [1.29, 1.82) is 0 Å². The van der Waals surface area contributed by atoms with Crippen LogP contribution in [-0.4, -0.2) is 35.6 Å². The number of thiophene rings is 1. The van der Waals surface area contributed by atoms with Crippen LogP contribution >= 0.6 is 27.3 Å². The normalized spacial score (nSPS) is 13.8. The van der Waals surface area contributed by atoms with Crippen molar-refractivity contribution in [3.63, 3.8) is 0 Å². The lowest BCUT2D eigenvalue weighted by Crippen LogP contribution is -2.30. The molecular formula is C20H21BrN4O2S. The molecule has 146 valence electrons. The molecule has 0 atom stereocenters. The maximum Gasteiger partial charge on any atom is 0.227 e. The lowest BCUT2D eigenvalue weighted by Gasteiger charge is -2.27. The van der Waals surface area contributed by atoms with E-state index in [0.717, 1.165) is 48.9 Å². The summed E-state index contributed by atoms with van der Waals surface area (Å²) in [4.78, 5) is 13.0. The maximum absolute atomic E-state index is 5.32. The van der Waals surface area contributed by atoms with E-state index >= 15 is 0 Å². The van der Waals surface area contributed by atoms with Gasteiger partial charge in [0, 0.05) is 66.6 Å². The van der Waals surface area contributed by atoms with E-state index in [1.807, 2.05) is 24.4 Å². The summed E-state index contributed by atoms with van der Waals surface area (Å²) >= 11 is 5.32. The van der Waals surface area contributed by atoms with E-state index in [4.69, 9.17) is 14.5 Å². The average Bonchev–Trinajstić information content (AvgIpc) is 3.12. The standard InChI is InChI=1S/C20H21BrN4O2S/c1-26-15-7-14(8-16(9-15)27-2)23-20-22-10-13-11-25(6-5-18(13)24-20)12-17-3-4-19(21)28-17/h3-4,7-10H,5-6,11-12H2,1-2H3,(H,22,23,24). The Labute approximate surface area is 176 Å². The van der Waals surface area contributed by atoms with Crippen molar-refractivity contribution >= 4 is 38.9 Å². The van der Waals surface area contributed by atoms with Gasteiger partial charge in [-0.25, -0.2) is 9.97 Å². The molecule has 0 fully saturated rings. The molecule has 0 saturated carbocycles. The number of nitrogens with one attached hydrogen (secondary N) is 1. The molecule has 0 unspecified atom stereocenters. The Morgan fingerprint density at radius 2 is 1.96 bits per heavy atom. The third kappa shape index (κ3) is 4.45. The Hall–Kier alpha value is -2.16. The number of rotatable bonds is 6. The van der Waals surface area contributed by atoms with E-state index < -0.39 is 0 Å². The minimum atomic E-state index is 0.588. The zero-order valence-corrected chi connectivity index (χ0v) is 18.1. The van der Waals surface area contributed by atoms with Crippen LogP contribution in [0.1, 0.15) is 16.1 Å². The first kappa shape index (κ1) is 19.2. The molecule has 1 aliphatic rings. The molecule has 8 heteroatoms. The molecule has 6 nitrogen and oxygen atoms in total. The Morgan fingerprint density at radius 3 is 2.64 bits per heavy atom. The fourth-order valence-electron chi connectivity index (χ4n) is 3.24. The van der Waals surface area contributed by atoms with Crippen LogP contribution in [0, 0.1) is 0 Å². The minimum absolute atomic E-state index is 0.588. The zero-order valence-electron chi connectivity index (χ0n) is 15.7. The first-order valence-electron chi connectivity index (χ1n) is 8.94. The molecule has 0 aliphatic carbocycles. The number of nitrogens with zero attached hydrogens (tertiary/aromatic N) is 3. The van der Waals surface area contributed by atoms with Crippen molar-refractivity contribution in [3.05, 3.63) is 56.4 Å². The van der Waals surface area contributed by atoms with Crippen LogP contribution in [-0.2, 0) is 19.5 Å². The second-order valence-corrected chi connectivity index (χ2v) is 9.11. The number of benzene rings is 1. The molecule has 3 heterocycles. The highest BCUT2D eigenvalue weighted by molar-refractivity contribution is 9.11.